The molecule has 1 heterocycles. The van der Waals surface area contributed by atoms with Crippen LogP contribution in [0.3, 0.4) is 0 Å². The third kappa shape index (κ3) is 5.40. The predicted octanol–water partition coefficient (Wildman–Crippen LogP) is 5.99. The molecule has 2 fully saturated rings. The summed E-state index contributed by atoms with van der Waals surface area (Å²) in [5.41, 5.74) is 5.28. The van der Waals surface area contributed by atoms with E-state index < -0.39 is 0 Å². The molecule has 1 N–H and O–H groups in total. The molecule has 4 heteroatoms. The van der Waals surface area contributed by atoms with Gasteiger partial charge in [0.05, 0.1) is 0 Å². The van der Waals surface area contributed by atoms with Gasteiger partial charge in [-0.05, 0) is 92.9 Å². The first kappa shape index (κ1) is 24.1. The maximum absolute atomic E-state index is 13.3. The smallest absolute Gasteiger partial charge is 0.251 e. The van der Waals surface area contributed by atoms with Gasteiger partial charge in [-0.2, -0.15) is 0 Å². The molecule has 37 heavy (non-hydrogen) atoms. The second-order valence-corrected chi connectivity index (χ2v) is 11.1. The minimum absolute atomic E-state index is 0.0280. The number of likely N-dealkylation sites (tertiary alicyclic amines) is 1. The molecule has 0 aromatic heterocycles. The van der Waals surface area contributed by atoms with Crippen LogP contribution in [0, 0.1) is 5.92 Å². The molecule has 1 saturated carbocycles. The lowest BCUT2D eigenvalue weighted by atomic mass is 9.80. The van der Waals surface area contributed by atoms with Crippen molar-refractivity contribution in [3.8, 4) is 0 Å². The summed E-state index contributed by atoms with van der Waals surface area (Å²) in [5, 5.41) is 3.19. The van der Waals surface area contributed by atoms with Gasteiger partial charge in [-0.25, -0.2) is 0 Å². The number of hydrogen-bond acceptors (Lipinski definition) is 3. The van der Waals surface area contributed by atoms with Gasteiger partial charge >= 0.3 is 0 Å². The first-order valence-electron chi connectivity index (χ1n) is 14.0. The minimum atomic E-state index is -0.0280. The van der Waals surface area contributed by atoms with Gasteiger partial charge in [-0.3, -0.25) is 9.59 Å². The average Bonchev–Trinajstić information content (AvgIpc) is 3.73. The molecule has 6 rings (SSSR count). The third-order valence-corrected chi connectivity index (χ3v) is 8.75. The zero-order chi connectivity index (χ0) is 25.2. The molecule has 4 nitrogen and oxygen atoms in total. The fraction of sp³-hybridized carbons (Fsp3) is 0.394. The van der Waals surface area contributed by atoms with Crippen LogP contribution in [0.1, 0.15) is 81.3 Å². The van der Waals surface area contributed by atoms with Gasteiger partial charge in [-0.1, -0.05) is 66.7 Å². The fourth-order valence-corrected chi connectivity index (χ4v) is 6.37. The molecule has 3 aromatic rings. The number of fused-ring (bicyclic) bond motifs is 1. The lowest BCUT2D eigenvalue weighted by Gasteiger charge is -2.33. The Labute approximate surface area is 220 Å². The lowest BCUT2D eigenvalue weighted by Crippen LogP contribution is -2.36. The van der Waals surface area contributed by atoms with Crippen LogP contribution in [0.4, 0.5) is 0 Å². The van der Waals surface area contributed by atoms with Crippen molar-refractivity contribution in [2.75, 3.05) is 19.6 Å². The van der Waals surface area contributed by atoms with Crippen molar-refractivity contribution in [3.63, 3.8) is 0 Å². The summed E-state index contributed by atoms with van der Waals surface area (Å²) in [7, 11) is 0. The van der Waals surface area contributed by atoms with Crippen molar-refractivity contribution >= 4 is 11.7 Å². The Morgan fingerprint density at radius 3 is 2.30 bits per heavy atom. The second kappa shape index (κ2) is 10.6. The number of carbonyl (C=O) groups is 2. The summed E-state index contributed by atoms with van der Waals surface area (Å²) in [6.07, 6.45) is 6.07. The average molecular weight is 493 g/mol. The van der Waals surface area contributed by atoms with Gasteiger partial charge in [0.2, 0.25) is 0 Å². The van der Waals surface area contributed by atoms with Crippen molar-refractivity contribution in [1.29, 1.82) is 0 Å². The molecule has 3 aromatic carbocycles. The Hall–Kier alpha value is -3.24. The molecule has 1 unspecified atom stereocenters. The largest absolute Gasteiger partial charge is 0.349 e. The summed E-state index contributed by atoms with van der Waals surface area (Å²) in [6, 6.07) is 27.1. The number of carbonyl (C=O) groups excluding carboxylic acids is 2. The van der Waals surface area contributed by atoms with Gasteiger partial charge in [-0.15, -0.1) is 0 Å². The Morgan fingerprint density at radius 2 is 1.57 bits per heavy atom. The maximum atomic E-state index is 13.3. The molecular weight excluding hydrogens is 456 g/mol. The quantitative estimate of drug-likeness (QED) is 0.441. The van der Waals surface area contributed by atoms with E-state index in [4.69, 9.17) is 0 Å². The molecule has 0 bridgehead atoms. The number of Topliss-reactive ketones (excluding diaryl/α,β-unsaturated/α-hetero) is 1. The Balaban J connectivity index is 1.00. The molecule has 190 valence electrons. The Morgan fingerprint density at radius 1 is 0.865 bits per heavy atom. The van der Waals surface area contributed by atoms with Gasteiger partial charge in [0, 0.05) is 29.0 Å². The van der Waals surface area contributed by atoms with Crippen LogP contribution in [0.15, 0.2) is 78.9 Å². The van der Waals surface area contributed by atoms with Gasteiger partial charge < -0.3 is 10.2 Å². The van der Waals surface area contributed by atoms with E-state index in [0.29, 0.717) is 17.4 Å². The maximum Gasteiger partial charge on any atom is 0.251 e. The summed E-state index contributed by atoms with van der Waals surface area (Å²) >= 11 is 0. The van der Waals surface area contributed by atoms with Crippen LogP contribution in [-0.2, 0) is 6.42 Å². The van der Waals surface area contributed by atoms with Gasteiger partial charge in [0.15, 0.2) is 5.78 Å². The number of nitrogens with one attached hydrogen (secondary N) is 1. The van der Waals surface area contributed by atoms with E-state index in [1.807, 2.05) is 36.4 Å². The van der Waals surface area contributed by atoms with Crippen LogP contribution in [0.25, 0.3) is 0 Å². The number of amides is 1. The molecule has 1 amide bonds. The zero-order valence-corrected chi connectivity index (χ0v) is 21.4. The van der Waals surface area contributed by atoms with Crippen molar-refractivity contribution in [2.45, 2.75) is 56.4 Å². The number of nitrogens with zero attached hydrogens (tertiary/aromatic N) is 1. The van der Waals surface area contributed by atoms with E-state index in [2.05, 4.69) is 52.7 Å². The van der Waals surface area contributed by atoms with Crippen LogP contribution >= 0.6 is 0 Å². The normalized spacial score (nSPS) is 23.9. The summed E-state index contributed by atoms with van der Waals surface area (Å²) in [5.74, 6) is 1.40. The number of piperidine rings is 1. The lowest BCUT2D eigenvalue weighted by molar-refractivity contribution is 0.0875. The van der Waals surface area contributed by atoms with E-state index in [9.17, 15) is 9.59 Å². The first-order chi connectivity index (χ1) is 18.2. The fourth-order valence-electron chi connectivity index (χ4n) is 6.37. The molecule has 0 radical (unpaired) electrons. The second-order valence-electron chi connectivity index (χ2n) is 11.1. The minimum Gasteiger partial charge on any atom is -0.349 e. The molecule has 1 aliphatic heterocycles. The predicted molar refractivity (Wildman–Crippen MR) is 147 cm³/mol. The van der Waals surface area contributed by atoms with E-state index in [-0.39, 0.29) is 23.7 Å². The summed E-state index contributed by atoms with van der Waals surface area (Å²) < 4.78 is 0. The van der Waals surface area contributed by atoms with Crippen molar-refractivity contribution in [2.24, 2.45) is 5.92 Å². The van der Waals surface area contributed by atoms with E-state index in [1.165, 1.54) is 24.0 Å². The van der Waals surface area contributed by atoms with Crippen LogP contribution in [-0.4, -0.2) is 42.3 Å². The summed E-state index contributed by atoms with van der Waals surface area (Å²) in [6.45, 7) is 3.22. The highest BCUT2D eigenvalue weighted by atomic mass is 16.1. The van der Waals surface area contributed by atoms with E-state index in [0.717, 1.165) is 56.4 Å². The number of ketones is 1. The van der Waals surface area contributed by atoms with E-state index >= 15 is 0 Å². The number of hydrogen-bond donors (Lipinski definition) is 1. The highest BCUT2D eigenvalue weighted by Crippen LogP contribution is 2.41. The standard InChI is InChI=1S/C33H36N2O2/c36-32-26(17-20-35-18-15-24(16-19-35)23-7-3-1-4-8-23)11-12-27-21-28(13-14-29(27)32)33(37)34-31-22-30(31)25-9-5-2-6-10-25/h1-10,13-14,21,24,26,30-31H,11-12,15-20,22H2,(H,34,37)/t26?,30-,31+/m0/s1. The SMILES string of the molecule is O=C(N[C@@H]1C[C@H]1c1ccccc1)c1ccc2c(c1)CCC(CCN1CCC(c3ccccc3)CC1)C2=O. The molecule has 3 atom stereocenters. The molecular formula is C33H36N2O2. The monoisotopic (exact) mass is 492 g/mol. The Kier molecular flexibility index (Phi) is 6.93. The summed E-state index contributed by atoms with van der Waals surface area (Å²) in [4.78, 5) is 28.7. The number of rotatable bonds is 7. The van der Waals surface area contributed by atoms with E-state index in [1.54, 1.807) is 0 Å². The zero-order valence-electron chi connectivity index (χ0n) is 21.4. The highest BCUT2D eigenvalue weighted by Gasteiger charge is 2.39. The third-order valence-electron chi connectivity index (χ3n) is 8.75. The van der Waals surface area contributed by atoms with Crippen LogP contribution in [0.2, 0.25) is 0 Å². The Bertz CT molecular complexity index is 1250. The molecule has 1 saturated heterocycles. The van der Waals surface area contributed by atoms with Gasteiger partial charge in [0.25, 0.3) is 5.91 Å². The van der Waals surface area contributed by atoms with Crippen molar-refractivity contribution in [3.05, 3.63) is 107 Å². The van der Waals surface area contributed by atoms with Gasteiger partial charge in [0.1, 0.15) is 0 Å². The van der Waals surface area contributed by atoms with Crippen molar-refractivity contribution in [1.82, 2.24) is 10.2 Å². The van der Waals surface area contributed by atoms with Crippen LogP contribution < -0.4 is 5.32 Å². The number of benzene rings is 3. The topological polar surface area (TPSA) is 49.4 Å². The molecule has 3 aliphatic rings. The first-order valence-corrected chi connectivity index (χ1v) is 14.0. The molecule has 2 aliphatic carbocycles. The van der Waals surface area contributed by atoms with Crippen LogP contribution in [0.5, 0.6) is 0 Å². The molecule has 0 spiro atoms. The highest BCUT2D eigenvalue weighted by molar-refractivity contribution is 6.02. The van der Waals surface area contributed by atoms with Crippen molar-refractivity contribution < 1.29 is 9.59 Å². The number of aryl methyl sites for hydroxylation is 1.